The molecule has 0 N–H and O–H groups in total. The van der Waals surface area contributed by atoms with E-state index in [9.17, 15) is 4.79 Å². The van der Waals surface area contributed by atoms with Crippen molar-refractivity contribution in [2.24, 2.45) is 5.92 Å². The summed E-state index contributed by atoms with van der Waals surface area (Å²) in [6, 6.07) is 0.186. The molecule has 4 heteroatoms. The lowest BCUT2D eigenvalue weighted by atomic mass is 9.96. The molecule has 0 atom stereocenters. The Morgan fingerprint density at radius 3 is 2.25 bits per heavy atom. The predicted octanol–water partition coefficient (Wildman–Crippen LogP) is 1.33. The Morgan fingerprint density at radius 1 is 1.25 bits per heavy atom. The predicted molar refractivity (Wildman–Crippen MR) is 66.6 cm³/mol. The van der Waals surface area contributed by atoms with E-state index in [4.69, 9.17) is 0 Å². The summed E-state index contributed by atoms with van der Waals surface area (Å²) in [6.07, 6.45) is 2.28. The molecule has 1 heterocycles. The van der Waals surface area contributed by atoms with Crippen molar-refractivity contribution in [3.8, 4) is 0 Å². The van der Waals surface area contributed by atoms with Crippen LogP contribution in [0.4, 0.5) is 4.79 Å². The minimum atomic E-state index is 0.186. The minimum absolute atomic E-state index is 0.186. The first-order valence-electron chi connectivity index (χ1n) is 6.19. The van der Waals surface area contributed by atoms with Gasteiger partial charge in [0.25, 0.3) is 0 Å². The molecule has 1 aliphatic heterocycles. The topological polar surface area (TPSA) is 26.8 Å². The van der Waals surface area contributed by atoms with Crippen LogP contribution in [0.25, 0.3) is 0 Å². The second-order valence-electron chi connectivity index (χ2n) is 4.99. The zero-order valence-electron chi connectivity index (χ0n) is 11.1. The van der Waals surface area contributed by atoms with E-state index in [-0.39, 0.29) is 6.03 Å². The maximum absolute atomic E-state index is 11.9. The van der Waals surface area contributed by atoms with Crippen molar-refractivity contribution >= 4 is 6.03 Å². The van der Waals surface area contributed by atoms with Crippen molar-refractivity contribution < 1.29 is 4.79 Å². The lowest BCUT2D eigenvalue weighted by Crippen LogP contribution is -2.46. The van der Waals surface area contributed by atoms with E-state index >= 15 is 0 Å². The summed E-state index contributed by atoms with van der Waals surface area (Å²) in [5.41, 5.74) is 0. The van der Waals surface area contributed by atoms with E-state index in [0.29, 0.717) is 0 Å². The number of hydrogen-bond acceptors (Lipinski definition) is 2. The van der Waals surface area contributed by atoms with Crippen molar-refractivity contribution in [3.05, 3.63) is 0 Å². The highest BCUT2D eigenvalue weighted by Gasteiger charge is 2.24. The molecule has 0 saturated carbocycles. The molecule has 1 saturated heterocycles. The molecular formula is C12H25N3O. The number of piperidine rings is 1. The van der Waals surface area contributed by atoms with Gasteiger partial charge >= 0.3 is 6.03 Å². The number of nitrogens with zero attached hydrogens (tertiary/aromatic N) is 3. The summed E-state index contributed by atoms with van der Waals surface area (Å²) in [5.74, 6) is 0.756. The van der Waals surface area contributed by atoms with Crippen LogP contribution >= 0.6 is 0 Å². The number of carbonyl (C=O) groups is 1. The maximum atomic E-state index is 11.9. The molecule has 1 fully saturated rings. The molecule has 1 rings (SSSR count). The zero-order valence-corrected chi connectivity index (χ0v) is 11.1. The molecule has 0 radical (unpaired) electrons. The number of urea groups is 1. The molecule has 0 aromatic heterocycles. The molecule has 4 nitrogen and oxygen atoms in total. The fourth-order valence-corrected chi connectivity index (χ4v) is 2.20. The Hall–Kier alpha value is -0.770. The molecule has 2 amide bonds. The van der Waals surface area contributed by atoms with Gasteiger partial charge in [-0.05, 0) is 39.8 Å². The van der Waals surface area contributed by atoms with Crippen molar-refractivity contribution in [2.45, 2.75) is 19.8 Å². The van der Waals surface area contributed by atoms with Gasteiger partial charge in [0, 0.05) is 33.2 Å². The second-order valence-corrected chi connectivity index (χ2v) is 4.99. The standard InChI is InChI=1S/C12H25N3O/c1-5-14(4)12(16)15-8-6-11(7-9-15)10-13(2)3/h11H,5-10H2,1-4H3. The van der Waals surface area contributed by atoms with E-state index < -0.39 is 0 Å². The van der Waals surface area contributed by atoms with Gasteiger partial charge in [-0.3, -0.25) is 0 Å². The fourth-order valence-electron chi connectivity index (χ4n) is 2.20. The van der Waals surface area contributed by atoms with E-state index in [2.05, 4.69) is 19.0 Å². The summed E-state index contributed by atoms with van der Waals surface area (Å²) in [6.45, 7) is 5.78. The van der Waals surface area contributed by atoms with Gasteiger partial charge in [0.2, 0.25) is 0 Å². The van der Waals surface area contributed by atoms with Crippen molar-refractivity contribution in [1.82, 2.24) is 14.7 Å². The molecule has 1 aliphatic rings. The quantitative estimate of drug-likeness (QED) is 0.727. The fraction of sp³-hybridized carbons (Fsp3) is 0.917. The van der Waals surface area contributed by atoms with Crippen LogP contribution in [0.5, 0.6) is 0 Å². The molecule has 0 aromatic rings. The molecular weight excluding hydrogens is 202 g/mol. The smallest absolute Gasteiger partial charge is 0.319 e. The van der Waals surface area contributed by atoms with E-state index in [1.54, 1.807) is 4.90 Å². The number of hydrogen-bond donors (Lipinski definition) is 0. The SMILES string of the molecule is CCN(C)C(=O)N1CCC(CN(C)C)CC1. The number of rotatable bonds is 3. The second kappa shape index (κ2) is 6.09. The van der Waals surface area contributed by atoms with Crippen LogP contribution in [-0.2, 0) is 0 Å². The normalized spacial score (nSPS) is 17.9. The molecule has 0 spiro atoms. The monoisotopic (exact) mass is 227 g/mol. The Morgan fingerprint density at radius 2 is 1.81 bits per heavy atom. The Labute approximate surface area is 99.2 Å². The van der Waals surface area contributed by atoms with E-state index in [1.165, 1.54) is 0 Å². The van der Waals surface area contributed by atoms with Crippen LogP contribution in [0.1, 0.15) is 19.8 Å². The molecule has 94 valence electrons. The van der Waals surface area contributed by atoms with Gasteiger partial charge in [-0.25, -0.2) is 4.79 Å². The zero-order chi connectivity index (χ0) is 12.1. The molecule has 0 unspecified atom stereocenters. The maximum Gasteiger partial charge on any atom is 0.319 e. The summed E-state index contributed by atoms with van der Waals surface area (Å²) in [5, 5.41) is 0. The van der Waals surface area contributed by atoms with Crippen LogP contribution < -0.4 is 0 Å². The van der Waals surface area contributed by atoms with Gasteiger partial charge in [-0.1, -0.05) is 0 Å². The lowest BCUT2D eigenvalue weighted by molar-refractivity contribution is 0.135. The van der Waals surface area contributed by atoms with Gasteiger partial charge in [-0.2, -0.15) is 0 Å². The van der Waals surface area contributed by atoms with Crippen LogP contribution in [0.3, 0.4) is 0 Å². The van der Waals surface area contributed by atoms with Gasteiger partial charge in [0.05, 0.1) is 0 Å². The Kier molecular flexibility index (Phi) is 5.06. The molecule has 16 heavy (non-hydrogen) atoms. The number of amides is 2. The van der Waals surface area contributed by atoms with Crippen molar-refractivity contribution in [1.29, 1.82) is 0 Å². The minimum Gasteiger partial charge on any atom is -0.328 e. The van der Waals surface area contributed by atoms with Crippen molar-refractivity contribution in [3.63, 3.8) is 0 Å². The van der Waals surface area contributed by atoms with Gasteiger partial charge in [0.15, 0.2) is 0 Å². The van der Waals surface area contributed by atoms with Gasteiger partial charge in [0.1, 0.15) is 0 Å². The van der Waals surface area contributed by atoms with Gasteiger partial charge in [-0.15, -0.1) is 0 Å². The highest BCUT2D eigenvalue weighted by atomic mass is 16.2. The van der Waals surface area contributed by atoms with Gasteiger partial charge < -0.3 is 14.7 Å². The Bertz CT molecular complexity index is 222. The highest BCUT2D eigenvalue weighted by molar-refractivity contribution is 5.74. The number of carbonyl (C=O) groups excluding carboxylic acids is 1. The van der Waals surface area contributed by atoms with Crippen LogP contribution in [0, 0.1) is 5.92 Å². The third kappa shape index (κ3) is 3.67. The van der Waals surface area contributed by atoms with Crippen molar-refractivity contribution in [2.75, 3.05) is 47.3 Å². The molecule has 0 aliphatic carbocycles. The first kappa shape index (κ1) is 13.3. The summed E-state index contributed by atoms with van der Waals surface area (Å²) in [7, 11) is 6.10. The molecule has 0 aromatic carbocycles. The molecule has 0 bridgehead atoms. The van der Waals surface area contributed by atoms with Crippen LogP contribution in [0.2, 0.25) is 0 Å². The third-order valence-electron chi connectivity index (χ3n) is 3.31. The summed E-state index contributed by atoms with van der Waals surface area (Å²) >= 11 is 0. The van der Waals surface area contributed by atoms with E-state index in [1.807, 2.05) is 18.9 Å². The number of likely N-dealkylation sites (tertiary alicyclic amines) is 1. The van der Waals surface area contributed by atoms with Crippen LogP contribution in [-0.4, -0.2) is 68.1 Å². The first-order valence-corrected chi connectivity index (χ1v) is 6.19. The average Bonchev–Trinajstić information content (AvgIpc) is 2.27. The highest BCUT2D eigenvalue weighted by Crippen LogP contribution is 2.18. The van der Waals surface area contributed by atoms with Crippen LogP contribution in [0.15, 0.2) is 0 Å². The largest absolute Gasteiger partial charge is 0.328 e. The third-order valence-corrected chi connectivity index (χ3v) is 3.31. The summed E-state index contributed by atoms with van der Waals surface area (Å²) < 4.78 is 0. The lowest BCUT2D eigenvalue weighted by Gasteiger charge is -2.35. The summed E-state index contributed by atoms with van der Waals surface area (Å²) in [4.78, 5) is 17.9. The average molecular weight is 227 g/mol. The van der Waals surface area contributed by atoms with E-state index in [0.717, 1.165) is 44.9 Å². The first-order chi connectivity index (χ1) is 7.54. The Balaban J connectivity index is 2.34.